The molecular weight excluding hydrogens is 396 g/mol. The molecule has 0 bridgehead atoms. The lowest BCUT2D eigenvalue weighted by atomic mass is 10.2. The van der Waals surface area contributed by atoms with Crippen LogP contribution in [0, 0.1) is 0 Å². The fourth-order valence-corrected chi connectivity index (χ4v) is 4.71. The van der Waals surface area contributed by atoms with Crippen LogP contribution in [-0.2, 0) is 4.74 Å². The second kappa shape index (κ2) is 7.20. The molecule has 0 aliphatic carbocycles. The molecule has 2 aromatic heterocycles. The van der Waals surface area contributed by atoms with Gasteiger partial charge in [0.2, 0.25) is 0 Å². The van der Waals surface area contributed by atoms with Crippen LogP contribution >= 0.6 is 22.9 Å². The van der Waals surface area contributed by atoms with Crippen molar-refractivity contribution in [2.75, 3.05) is 18.1 Å². The Morgan fingerprint density at radius 3 is 2.96 bits per heavy atom. The zero-order chi connectivity index (χ0) is 19.1. The highest BCUT2D eigenvalue weighted by molar-refractivity contribution is 7.22. The third kappa shape index (κ3) is 3.28. The standard InChI is InChI=1S/C21H17ClN2O3S/c22-14-7-8-16-19(11-14)28-21(23-16)24(12-15-5-3-9-26-15)20(25)18-10-13-4-1-2-6-17(13)27-18/h1-2,4,6-8,10-11,15H,3,5,9,12H2/t15-/m1/s1. The highest BCUT2D eigenvalue weighted by Gasteiger charge is 2.29. The van der Waals surface area contributed by atoms with Gasteiger partial charge in [-0.2, -0.15) is 0 Å². The molecule has 0 saturated carbocycles. The number of carbonyl (C=O) groups is 1. The van der Waals surface area contributed by atoms with Gasteiger partial charge in [0.15, 0.2) is 10.9 Å². The lowest BCUT2D eigenvalue weighted by Gasteiger charge is -2.22. The zero-order valence-electron chi connectivity index (χ0n) is 14.9. The number of hydrogen-bond donors (Lipinski definition) is 0. The van der Waals surface area contributed by atoms with Crippen molar-refractivity contribution in [3.8, 4) is 0 Å². The first-order valence-electron chi connectivity index (χ1n) is 9.15. The van der Waals surface area contributed by atoms with Crippen molar-refractivity contribution >= 4 is 55.2 Å². The van der Waals surface area contributed by atoms with Crippen LogP contribution in [0.4, 0.5) is 5.13 Å². The molecule has 0 unspecified atom stereocenters. The van der Waals surface area contributed by atoms with E-state index in [-0.39, 0.29) is 12.0 Å². The second-order valence-electron chi connectivity index (χ2n) is 6.81. The van der Waals surface area contributed by atoms with Crippen LogP contribution in [0.15, 0.2) is 52.9 Å². The molecule has 3 heterocycles. The topological polar surface area (TPSA) is 55.6 Å². The van der Waals surface area contributed by atoms with E-state index in [2.05, 4.69) is 4.98 Å². The third-order valence-corrected chi connectivity index (χ3v) is 6.14. The first kappa shape index (κ1) is 17.7. The van der Waals surface area contributed by atoms with Crippen molar-refractivity contribution in [3.63, 3.8) is 0 Å². The molecule has 1 aliphatic heterocycles. The minimum Gasteiger partial charge on any atom is -0.451 e. The van der Waals surface area contributed by atoms with Gasteiger partial charge in [-0.15, -0.1) is 0 Å². The Kier molecular flexibility index (Phi) is 4.55. The number of benzene rings is 2. The van der Waals surface area contributed by atoms with Crippen LogP contribution in [-0.4, -0.2) is 30.1 Å². The molecule has 28 heavy (non-hydrogen) atoms. The lowest BCUT2D eigenvalue weighted by Crippen LogP contribution is -2.37. The van der Waals surface area contributed by atoms with Crippen LogP contribution in [0.2, 0.25) is 5.02 Å². The molecule has 1 amide bonds. The lowest BCUT2D eigenvalue weighted by molar-refractivity contribution is 0.0896. The number of aromatic nitrogens is 1. The monoisotopic (exact) mass is 412 g/mol. The van der Waals surface area contributed by atoms with Gasteiger partial charge in [-0.1, -0.05) is 41.1 Å². The van der Waals surface area contributed by atoms with Crippen LogP contribution in [0.5, 0.6) is 0 Å². The van der Waals surface area contributed by atoms with E-state index >= 15 is 0 Å². The molecule has 0 N–H and O–H groups in total. The number of amides is 1. The maximum atomic E-state index is 13.4. The molecule has 1 aliphatic rings. The summed E-state index contributed by atoms with van der Waals surface area (Å²) in [6.45, 7) is 1.18. The molecule has 2 aromatic carbocycles. The number of thiazole rings is 1. The number of nitrogens with zero attached hydrogens (tertiary/aromatic N) is 2. The average molecular weight is 413 g/mol. The minimum atomic E-state index is -0.211. The normalized spacial score (nSPS) is 16.8. The van der Waals surface area contributed by atoms with Crippen molar-refractivity contribution in [1.82, 2.24) is 4.98 Å². The predicted molar refractivity (Wildman–Crippen MR) is 111 cm³/mol. The molecule has 1 atom stereocenters. The zero-order valence-corrected chi connectivity index (χ0v) is 16.5. The fourth-order valence-electron chi connectivity index (χ4n) is 3.46. The molecule has 4 aromatic rings. The Bertz CT molecular complexity index is 1130. The number of para-hydroxylation sites is 1. The summed E-state index contributed by atoms with van der Waals surface area (Å²) in [5.74, 6) is 0.0911. The van der Waals surface area contributed by atoms with E-state index in [1.54, 1.807) is 17.0 Å². The number of ether oxygens (including phenoxy) is 1. The van der Waals surface area contributed by atoms with Gasteiger partial charge in [0.1, 0.15) is 5.58 Å². The Morgan fingerprint density at radius 1 is 1.25 bits per heavy atom. The third-order valence-electron chi connectivity index (χ3n) is 4.86. The molecule has 5 rings (SSSR count). The molecule has 1 fully saturated rings. The van der Waals surface area contributed by atoms with Crippen LogP contribution < -0.4 is 4.90 Å². The van der Waals surface area contributed by atoms with Gasteiger partial charge in [0.05, 0.1) is 22.9 Å². The molecule has 5 nitrogen and oxygen atoms in total. The van der Waals surface area contributed by atoms with E-state index in [1.807, 2.05) is 36.4 Å². The SMILES string of the molecule is O=C(c1cc2ccccc2o1)N(C[C@H]1CCCO1)c1nc2ccc(Cl)cc2s1. The Balaban J connectivity index is 1.55. The van der Waals surface area contributed by atoms with Gasteiger partial charge in [-0.05, 0) is 43.2 Å². The van der Waals surface area contributed by atoms with E-state index in [0.29, 0.717) is 28.0 Å². The maximum Gasteiger partial charge on any atom is 0.295 e. The first-order chi connectivity index (χ1) is 13.7. The summed E-state index contributed by atoms with van der Waals surface area (Å²) in [5.41, 5.74) is 1.51. The van der Waals surface area contributed by atoms with Gasteiger partial charge in [0.25, 0.3) is 5.91 Å². The number of carbonyl (C=O) groups excluding carboxylic acids is 1. The Labute approximate surface area is 170 Å². The second-order valence-corrected chi connectivity index (χ2v) is 8.25. The maximum absolute atomic E-state index is 13.4. The average Bonchev–Trinajstić information content (AvgIpc) is 3.43. The summed E-state index contributed by atoms with van der Waals surface area (Å²) in [4.78, 5) is 19.7. The largest absolute Gasteiger partial charge is 0.451 e. The van der Waals surface area contributed by atoms with Crippen molar-refractivity contribution in [1.29, 1.82) is 0 Å². The number of halogens is 1. The summed E-state index contributed by atoms with van der Waals surface area (Å²) in [6, 6.07) is 14.9. The van der Waals surface area contributed by atoms with Crippen molar-refractivity contribution in [2.24, 2.45) is 0 Å². The van der Waals surface area contributed by atoms with Crippen molar-refractivity contribution < 1.29 is 13.9 Å². The van der Waals surface area contributed by atoms with Crippen LogP contribution in [0.25, 0.3) is 21.2 Å². The van der Waals surface area contributed by atoms with Crippen LogP contribution in [0.1, 0.15) is 23.4 Å². The highest BCUT2D eigenvalue weighted by atomic mass is 35.5. The number of anilines is 1. The Hall–Kier alpha value is -2.41. The molecular formula is C21H17ClN2O3S. The quantitative estimate of drug-likeness (QED) is 0.442. The number of fused-ring (bicyclic) bond motifs is 2. The van der Waals surface area contributed by atoms with Gasteiger partial charge in [-0.25, -0.2) is 4.98 Å². The first-order valence-corrected chi connectivity index (χ1v) is 10.3. The van der Waals surface area contributed by atoms with Gasteiger partial charge in [0, 0.05) is 17.0 Å². The molecule has 142 valence electrons. The molecule has 7 heteroatoms. The number of rotatable bonds is 4. The van der Waals surface area contributed by atoms with Gasteiger partial charge >= 0.3 is 0 Å². The van der Waals surface area contributed by atoms with Gasteiger partial charge in [-0.3, -0.25) is 9.69 Å². The highest BCUT2D eigenvalue weighted by Crippen LogP contribution is 2.33. The van der Waals surface area contributed by atoms with Gasteiger partial charge < -0.3 is 9.15 Å². The summed E-state index contributed by atoms with van der Waals surface area (Å²) < 4.78 is 12.5. The summed E-state index contributed by atoms with van der Waals surface area (Å²) in [5, 5.41) is 2.18. The summed E-state index contributed by atoms with van der Waals surface area (Å²) >= 11 is 7.56. The fraction of sp³-hybridized carbons (Fsp3) is 0.238. The van der Waals surface area contributed by atoms with Crippen molar-refractivity contribution in [3.05, 3.63) is 59.3 Å². The molecule has 0 radical (unpaired) electrons. The van der Waals surface area contributed by atoms with E-state index in [4.69, 9.17) is 20.8 Å². The number of hydrogen-bond acceptors (Lipinski definition) is 5. The van der Waals surface area contributed by atoms with E-state index in [0.717, 1.165) is 35.1 Å². The van der Waals surface area contributed by atoms with Crippen molar-refractivity contribution in [2.45, 2.75) is 18.9 Å². The summed E-state index contributed by atoms with van der Waals surface area (Å²) in [7, 11) is 0. The summed E-state index contributed by atoms with van der Waals surface area (Å²) in [6.07, 6.45) is 1.94. The smallest absolute Gasteiger partial charge is 0.295 e. The van der Waals surface area contributed by atoms with E-state index in [9.17, 15) is 4.79 Å². The predicted octanol–water partition coefficient (Wildman–Crippen LogP) is 5.52. The van der Waals surface area contributed by atoms with E-state index < -0.39 is 0 Å². The molecule has 1 saturated heterocycles. The minimum absolute atomic E-state index is 0.00364. The number of furan rings is 1. The van der Waals surface area contributed by atoms with Crippen LogP contribution in [0.3, 0.4) is 0 Å². The molecule has 0 spiro atoms. The Morgan fingerprint density at radius 2 is 2.14 bits per heavy atom. The van der Waals surface area contributed by atoms with E-state index in [1.165, 1.54) is 11.3 Å².